The average molecular weight is 408 g/mol. The summed E-state index contributed by atoms with van der Waals surface area (Å²) in [6.45, 7) is 5.30. The Morgan fingerprint density at radius 2 is 2.07 bits per heavy atom. The molecule has 0 aliphatic rings. The summed E-state index contributed by atoms with van der Waals surface area (Å²) < 4.78 is 0. The van der Waals surface area contributed by atoms with E-state index >= 15 is 0 Å². The topological polar surface area (TPSA) is 62.3 Å². The third-order valence-corrected chi connectivity index (χ3v) is 5.06. The van der Waals surface area contributed by atoms with Crippen LogP contribution in [0, 0.1) is 0 Å². The van der Waals surface area contributed by atoms with E-state index in [2.05, 4.69) is 10.3 Å². The van der Waals surface area contributed by atoms with Crippen LogP contribution in [0.4, 0.5) is 0 Å². The molecule has 146 valence electrons. The Kier molecular flexibility index (Phi) is 8.75. The SMILES string of the molecule is CCCNC(=O)CN(CCC)C(=O)Cc1csc(Cc2cccc(Cl)c2)n1. The number of nitrogens with one attached hydrogen (secondary N) is 1. The number of carbonyl (C=O) groups is 2. The van der Waals surface area contributed by atoms with Crippen LogP contribution in [0.1, 0.15) is 43.0 Å². The molecule has 2 aromatic rings. The molecule has 1 N–H and O–H groups in total. The molecule has 1 aromatic carbocycles. The van der Waals surface area contributed by atoms with Crippen molar-refractivity contribution in [2.75, 3.05) is 19.6 Å². The number of benzene rings is 1. The number of aromatic nitrogens is 1. The van der Waals surface area contributed by atoms with Crippen molar-refractivity contribution in [2.24, 2.45) is 0 Å². The minimum Gasteiger partial charge on any atom is -0.355 e. The lowest BCUT2D eigenvalue weighted by Gasteiger charge is -2.21. The first-order valence-corrected chi connectivity index (χ1v) is 10.5. The molecule has 2 amide bonds. The molecular weight excluding hydrogens is 382 g/mol. The van der Waals surface area contributed by atoms with E-state index in [1.54, 1.807) is 4.90 Å². The van der Waals surface area contributed by atoms with Gasteiger partial charge in [-0.05, 0) is 30.5 Å². The van der Waals surface area contributed by atoms with Gasteiger partial charge < -0.3 is 10.2 Å². The van der Waals surface area contributed by atoms with Crippen LogP contribution in [0.15, 0.2) is 29.6 Å². The zero-order valence-corrected chi connectivity index (χ0v) is 17.4. The van der Waals surface area contributed by atoms with Crippen LogP contribution >= 0.6 is 22.9 Å². The predicted molar refractivity (Wildman–Crippen MR) is 110 cm³/mol. The molecule has 5 nitrogen and oxygen atoms in total. The number of hydrogen-bond donors (Lipinski definition) is 1. The van der Waals surface area contributed by atoms with Gasteiger partial charge in [0.15, 0.2) is 0 Å². The van der Waals surface area contributed by atoms with Crippen LogP contribution in [0.5, 0.6) is 0 Å². The largest absolute Gasteiger partial charge is 0.355 e. The quantitative estimate of drug-likeness (QED) is 0.653. The van der Waals surface area contributed by atoms with Crippen LogP contribution in [0.2, 0.25) is 5.02 Å². The molecule has 0 aliphatic carbocycles. The predicted octanol–water partition coefficient (Wildman–Crippen LogP) is 3.69. The van der Waals surface area contributed by atoms with Gasteiger partial charge in [-0.2, -0.15) is 0 Å². The highest BCUT2D eigenvalue weighted by Crippen LogP contribution is 2.18. The molecule has 0 spiro atoms. The molecule has 27 heavy (non-hydrogen) atoms. The van der Waals surface area contributed by atoms with Crippen LogP contribution in [-0.4, -0.2) is 41.3 Å². The second-order valence-electron chi connectivity index (χ2n) is 6.38. The minimum atomic E-state index is -0.112. The highest BCUT2D eigenvalue weighted by atomic mass is 35.5. The number of halogens is 1. The summed E-state index contributed by atoms with van der Waals surface area (Å²) in [6, 6.07) is 7.69. The Morgan fingerprint density at radius 1 is 1.26 bits per heavy atom. The van der Waals surface area contributed by atoms with E-state index in [-0.39, 0.29) is 24.8 Å². The van der Waals surface area contributed by atoms with Crippen molar-refractivity contribution in [2.45, 2.75) is 39.5 Å². The maximum atomic E-state index is 12.6. The van der Waals surface area contributed by atoms with E-state index in [4.69, 9.17) is 11.6 Å². The van der Waals surface area contributed by atoms with Crippen LogP contribution < -0.4 is 5.32 Å². The summed E-state index contributed by atoms with van der Waals surface area (Å²) in [5, 5.41) is 6.39. The molecule has 0 saturated carbocycles. The Morgan fingerprint density at radius 3 is 2.78 bits per heavy atom. The first kappa shape index (κ1) is 21.4. The average Bonchev–Trinajstić information content (AvgIpc) is 3.06. The summed E-state index contributed by atoms with van der Waals surface area (Å²) in [6.07, 6.45) is 2.59. The molecule has 7 heteroatoms. The molecule has 2 rings (SSSR count). The van der Waals surface area contributed by atoms with E-state index in [9.17, 15) is 9.59 Å². The van der Waals surface area contributed by atoms with Gasteiger partial charge in [-0.3, -0.25) is 9.59 Å². The van der Waals surface area contributed by atoms with Crippen LogP contribution in [0.25, 0.3) is 0 Å². The zero-order valence-electron chi connectivity index (χ0n) is 15.8. The van der Waals surface area contributed by atoms with Gasteiger partial charge in [-0.1, -0.05) is 37.6 Å². The molecule has 0 aliphatic heterocycles. The standard InChI is InChI=1S/C20H26ClN3O2S/c1-3-8-22-18(25)13-24(9-4-2)20(26)12-17-14-27-19(23-17)11-15-6-5-7-16(21)10-15/h5-7,10,14H,3-4,8-9,11-13H2,1-2H3,(H,22,25). The third kappa shape index (κ3) is 7.31. The van der Waals surface area contributed by atoms with Crippen molar-refractivity contribution in [3.8, 4) is 0 Å². The van der Waals surface area contributed by atoms with E-state index in [0.717, 1.165) is 29.1 Å². The van der Waals surface area contributed by atoms with Crippen molar-refractivity contribution < 1.29 is 9.59 Å². The van der Waals surface area contributed by atoms with Crippen LogP contribution in [-0.2, 0) is 22.4 Å². The minimum absolute atomic E-state index is 0.0666. The molecule has 0 atom stereocenters. The van der Waals surface area contributed by atoms with Gasteiger partial charge in [0.1, 0.15) is 0 Å². The lowest BCUT2D eigenvalue weighted by Crippen LogP contribution is -2.42. The number of carbonyl (C=O) groups excluding carboxylic acids is 2. The monoisotopic (exact) mass is 407 g/mol. The Labute approximate surface area is 169 Å². The van der Waals surface area contributed by atoms with Crippen molar-refractivity contribution in [1.82, 2.24) is 15.2 Å². The van der Waals surface area contributed by atoms with Gasteiger partial charge in [0.05, 0.1) is 23.7 Å². The number of rotatable bonds is 10. The fourth-order valence-corrected chi connectivity index (χ4v) is 3.70. The first-order valence-electron chi connectivity index (χ1n) is 9.24. The number of hydrogen-bond acceptors (Lipinski definition) is 4. The van der Waals surface area contributed by atoms with Gasteiger partial charge in [0, 0.05) is 29.9 Å². The number of nitrogens with zero attached hydrogens (tertiary/aromatic N) is 2. The van der Waals surface area contributed by atoms with Crippen molar-refractivity contribution in [1.29, 1.82) is 0 Å². The summed E-state index contributed by atoms with van der Waals surface area (Å²) in [5.74, 6) is -0.179. The second-order valence-corrected chi connectivity index (χ2v) is 7.76. The molecular formula is C20H26ClN3O2S. The van der Waals surface area contributed by atoms with Gasteiger partial charge in [-0.15, -0.1) is 11.3 Å². The maximum absolute atomic E-state index is 12.6. The van der Waals surface area contributed by atoms with Gasteiger partial charge in [0.2, 0.25) is 11.8 Å². The third-order valence-electron chi connectivity index (χ3n) is 3.93. The molecule has 0 unspecified atom stereocenters. The summed E-state index contributed by atoms with van der Waals surface area (Å²) >= 11 is 7.56. The summed E-state index contributed by atoms with van der Waals surface area (Å²) in [7, 11) is 0. The van der Waals surface area contributed by atoms with E-state index in [1.807, 2.05) is 43.5 Å². The highest BCUT2D eigenvalue weighted by Gasteiger charge is 2.18. The smallest absolute Gasteiger partial charge is 0.239 e. The Bertz CT molecular complexity index is 763. The molecule has 0 bridgehead atoms. The fraction of sp³-hybridized carbons (Fsp3) is 0.450. The molecule has 0 saturated heterocycles. The van der Waals surface area contributed by atoms with Crippen molar-refractivity contribution in [3.05, 3.63) is 50.9 Å². The molecule has 0 fully saturated rings. The van der Waals surface area contributed by atoms with Gasteiger partial charge >= 0.3 is 0 Å². The van der Waals surface area contributed by atoms with Gasteiger partial charge in [-0.25, -0.2) is 4.98 Å². The Balaban J connectivity index is 1.94. The lowest BCUT2D eigenvalue weighted by atomic mass is 10.2. The van der Waals surface area contributed by atoms with E-state index in [1.165, 1.54) is 11.3 Å². The Hall–Kier alpha value is -1.92. The van der Waals surface area contributed by atoms with Crippen molar-refractivity contribution >= 4 is 34.8 Å². The van der Waals surface area contributed by atoms with Crippen molar-refractivity contribution in [3.63, 3.8) is 0 Å². The fourth-order valence-electron chi connectivity index (χ4n) is 2.66. The second kappa shape index (κ2) is 11.0. The normalized spacial score (nSPS) is 10.6. The lowest BCUT2D eigenvalue weighted by molar-refractivity contribution is -0.135. The zero-order chi connectivity index (χ0) is 19.6. The molecule has 1 heterocycles. The van der Waals surface area contributed by atoms with E-state index < -0.39 is 0 Å². The highest BCUT2D eigenvalue weighted by molar-refractivity contribution is 7.09. The molecule has 1 aromatic heterocycles. The maximum Gasteiger partial charge on any atom is 0.239 e. The van der Waals surface area contributed by atoms with Crippen LogP contribution in [0.3, 0.4) is 0 Å². The number of amides is 2. The summed E-state index contributed by atoms with van der Waals surface area (Å²) in [5.41, 5.74) is 1.84. The molecule has 0 radical (unpaired) electrons. The summed E-state index contributed by atoms with van der Waals surface area (Å²) in [4.78, 5) is 30.8. The van der Waals surface area contributed by atoms with E-state index in [0.29, 0.717) is 24.5 Å². The van der Waals surface area contributed by atoms with Gasteiger partial charge in [0.25, 0.3) is 0 Å². The number of thiazole rings is 1. The first-order chi connectivity index (χ1) is 13.0.